The number of hydrogen-bond acceptors (Lipinski definition) is 4. The van der Waals surface area contributed by atoms with Crippen LogP contribution in [0.25, 0.3) is 5.57 Å². The van der Waals surface area contributed by atoms with Gasteiger partial charge in [0.1, 0.15) is 5.76 Å². The number of hydrogen-bond donors (Lipinski definition) is 2. The Bertz CT molecular complexity index is 493. The lowest BCUT2D eigenvalue weighted by molar-refractivity contribution is 0.0662. The Morgan fingerprint density at radius 2 is 2.28 bits per heavy atom. The number of furan rings is 1. The van der Waals surface area contributed by atoms with E-state index in [1.165, 1.54) is 19.4 Å². The number of allylic oxidation sites excluding steroid dienone is 3. The van der Waals surface area contributed by atoms with Gasteiger partial charge in [0.15, 0.2) is 0 Å². The summed E-state index contributed by atoms with van der Waals surface area (Å²) in [6.07, 6.45) is 4.06. The number of ether oxygens (including phenoxy) is 1. The highest BCUT2D eigenvalue weighted by atomic mass is 16.5. The van der Waals surface area contributed by atoms with Crippen molar-refractivity contribution in [3.05, 3.63) is 41.2 Å². The molecule has 1 rings (SSSR count). The molecule has 18 heavy (non-hydrogen) atoms. The lowest BCUT2D eigenvalue weighted by Crippen LogP contribution is -2.02. The Balaban J connectivity index is 3.25. The molecule has 0 fully saturated rings. The molecular weight excluding hydrogens is 234 g/mol. The van der Waals surface area contributed by atoms with Crippen LogP contribution < -0.4 is 5.73 Å². The SMILES string of the molecule is CC/C=C(\C(OC)=C(/C)N)c1coc(C(=O)O)c1. The second kappa shape index (κ2) is 5.95. The normalized spacial score (nSPS) is 13.2. The number of carboxylic acid groups (broad SMARTS) is 1. The highest BCUT2D eigenvalue weighted by molar-refractivity contribution is 5.87. The molecular formula is C13H17NO4. The molecule has 5 nitrogen and oxygen atoms in total. The molecule has 0 bridgehead atoms. The molecule has 98 valence electrons. The van der Waals surface area contributed by atoms with Crippen LogP contribution in [0.3, 0.4) is 0 Å². The van der Waals surface area contributed by atoms with Crippen LogP contribution in [-0.2, 0) is 4.74 Å². The molecule has 0 aliphatic heterocycles. The first-order chi connectivity index (χ1) is 8.51. The fourth-order valence-electron chi connectivity index (χ4n) is 1.62. The van der Waals surface area contributed by atoms with Crippen LogP contribution in [0, 0.1) is 0 Å². The van der Waals surface area contributed by atoms with Gasteiger partial charge in [-0.25, -0.2) is 4.79 Å². The van der Waals surface area contributed by atoms with E-state index in [9.17, 15) is 4.79 Å². The van der Waals surface area contributed by atoms with E-state index < -0.39 is 5.97 Å². The van der Waals surface area contributed by atoms with Gasteiger partial charge in [-0.15, -0.1) is 0 Å². The lowest BCUT2D eigenvalue weighted by atomic mass is 10.0. The first-order valence-electron chi connectivity index (χ1n) is 5.54. The third-order valence-corrected chi connectivity index (χ3v) is 2.34. The Kier molecular flexibility index (Phi) is 4.59. The quantitative estimate of drug-likeness (QED) is 0.620. The first-order valence-corrected chi connectivity index (χ1v) is 5.54. The van der Waals surface area contributed by atoms with Gasteiger partial charge in [-0.1, -0.05) is 13.0 Å². The van der Waals surface area contributed by atoms with Crippen molar-refractivity contribution < 1.29 is 19.1 Å². The van der Waals surface area contributed by atoms with Crippen LogP contribution >= 0.6 is 0 Å². The maximum atomic E-state index is 10.8. The third-order valence-electron chi connectivity index (χ3n) is 2.34. The average molecular weight is 251 g/mol. The van der Waals surface area contributed by atoms with Gasteiger partial charge < -0.3 is 20.0 Å². The first kappa shape index (κ1) is 13.9. The number of rotatable bonds is 5. The fourth-order valence-corrected chi connectivity index (χ4v) is 1.62. The Hall–Kier alpha value is -2.17. The zero-order chi connectivity index (χ0) is 13.7. The van der Waals surface area contributed by atoms with Crippen molar-refractivity contribution in [1.29, 1.82) is 0 Å². The molecule has 0 atom stereocenters. The van der Waals surface area contributed by atoms with E-state index in [2.05, 4.69) is 0 Å². The second-order valence-electron chi connectivity index (χ2n) is 3.75. The summed E-state index contributed by atoms with van der Waals surface area (Å²) in [6, 6.07) is 1.45. The van der Waals surface area contributed by atoms with Gasteiger partial charge in [0.05, 0.1) is 13.4 Å². The molecule has 1 heterocycles. The largest absolute Gasteiger partial charge is 0.494 e. The summed E-state index contributed by atoms with van der Waals surface area (Å²) in [5.74, 6) is -0.698. The summed E-state index contributed by atoms with van der Waals surface area (Å²) in [5, 5.41) is 8.83. The summed E-state index contributed by atoms with van der Waals surface area (Å²) in [6.45, 7) is 3.69. The zero-order valence-electron chi connectivity index (χ0n) is 10.7. The molecule has 5 heteroatoms. The number of methoxy groups -OCH3 is 1. The topological polar surface area (TPSA) is 85.7 Å². The van der Waals surface area contributed by atoms with Crippen molar-refractivity contribution >= 4 is 11.5 Å². The van der Waals surface area contributed by atoms with Crippen LogP contribution in [-0.4, -0.2) is 18.2 Å². The van der Waals surface area contributed by atoms with Gasteiger partial charge in [0.2, 0.25) is 5.76 Å². The van der Waals surface area contributed by atoms with E-state index in [4.69, 9.17) is 20.0 Å². The maximum absolute atomic E-state index is 10.8. The standard InChI is InChI=1S/C13H17NO4/c1-4-5-10(12(17-3)8(2)14)9-6-11(13(15)16)18-7-9/h5-7H,4,14H2,1-3H3,(H,15,16)/b10-5-,12-8-. The highest BCUT2D eigenvalue weighted by Crippen LogP contribution is 2.27. The molecule has 0 aliphatic carbocycles. The molecule has 1 aromatic heterocycles. The van der Waals surface area contributed by atoms with E-state index in [-0.39, 0.29) is 5.76 Å². The molecule has 1 aromatic rings. The monoisotopic (exact) mass is 251 g/mol. The van der Waals surface area contributed by atoms with Gasteiger partial charge in [0.25, 0.3) is 0 Å². The Labute approximate surface area is 106 Å². The smallest absolute Gasteiger partial charge is 0.371 e. The average Bonchev–Trinajstić information content (AvgIpc) is 2.77. The Morgan fingerprint density at radius 1 is 1.61 bits per heavy atom. The van der Waals surface area contributed by atoms with Crippen LogP contribution in [0.15, 0.2) is 34.3 Å². The van der Waals surface area contributed by atoms with E-state index in [1.807, 2.05) is 13.0 Å². The second-order valence-corrected chi connectivity index (χ2v) is 3.75. The van der Waals surface area contributed by atoms with Crippen LogP contribution in [0.4, 0.5) is 0 Å². The molecule has 0 saturated heterocycles. The third kappa shape index (κ3) is 2.94. The van der Waals surface area contributed by atoms with Crippen molar-refractivity contribution in [2.45, 2.75) is 20.3 Å². The number of aromatic carboxylic acids is 1. The summed E-state index contributed by atoms with van der Waals surface area (Å²) >= 11 is 0. The van der Waals surface area contributed by atoms with Crippen molar-refractivity contribution in [3.8, 4) is 0 Å². The van der Waals surface area contributed by atoms with E-state index in [0.29, 0.717) is 17.0 Å². The predicted octanol–water partition coefficient (Wildman–Crippen LogP) is 2.61. The summed E-state index contributed by atoms with van der Waals surface area (Å²) in [5.41, 5.74) is 7.64. The van der Waals surface area contributed by atoms with E-state index in [1.54, 1.807) is 6.92 Å². The maximum Gasteiger partial charge on any atom is 0.371 e. The minimum absolute atomic E-state index is 0.114. The molecule has 0 aliphatic rings. The van der Waals surface area contributed by atoms with Crippen LogP contribution in [0.2, 0.25) is 0 Å². The molecule has 0 radical (unpaired) electrons. The number of carboxylic acids is 1. The van der Waals surface area contributed by atoms with E-state index in [0.717, 1.165) is 12.0 Å². The fraction of sp³-hybridized carbons (Fsp3) is 0.308. The van der Waals surface area contributed by atoms with Crippen LogP contribution in [0.5, 0.6) is 0 Å². The highest BCUT2D eigenvalue weighted by Gasteiger charge is 2.16. The van der Waals surface area contributed by atoms with Crippen molar-refractivity contribution in [3.63, 3.8) is 0 Å². The van der Waals surface area contributed by atoms with Gasteiger partial charge >= 0.3 is 5.97 Å². The molecule has 0 saturated carbocycles. The minimum Gasteiger partial charge on any atom is -0.494 e. The molecule has 0 spiro atoms. The van der Waals surface area contributed by atoms with Crippen molar-refractivity contribution in [2.24, 2.45) is 5.73 Å². The van der Waals surface area contributed by atoms with E-state index >= 15 is 0 Å². The Morgan fingerprint density at radius 3 is 2.67 bits per heavy atom. The van der Waals surface area contributed by atoms with Crippen molar-refractivity contribution in [2.75, 3.05) is 7.11 Å². The molecule has 0 amide bonds. The minimum atomic E-state index is -1.11. The predicted molar refractivity (Wildman–Crippen MR) is 67.8 cm³/mol. The molecule has 0 unspecified atom stereocenters. The zero-order valence-corrected chi connectivity index (χ0v) is 10.7. The summed E-state index contributed by atoms with van der Waals surface area (Å²) in [4.78, 5) is 10.8. The summed E-state index contributed by atoms with van der Waals surface area (Å²) < 4.78 is 10.2. The van der Waals surface area contributed by atoms with Crippen LogP contribution in [0.1, 0.15) is 36.4 Å². The number of nitrogens with two attached hydrogens (primary N) is 1. The molecule has 0 aromatic carbocycles. The van der Waals surface area contributed by atoms with Gasteiger partial charge in [-0.05, 0) is 19.4 Å². The van der Waals surface area contributed by atoms with Gasteiger partial charge in [-0.2, -0.15) is 0 Å². The lowest BCUT2D eigenvalue weighted by Gasteiger charge is -2.11. The van der Waals surface area contributed by atoms with Gasteiger partial charge in [-0.3, -0.25) is 0 Å². The summed E-state index contributed by atoms with van der Waals surface area (Å²) in [7, 11) is 1.52. The van der Waals surface area contributed by atoms with Crippen molar-refractivity contribution in [1.82, 2.24) is 0 Å². The molecule has 3 N–H and O–H groups in total. The number of carbonyl (C=O) groups is 1. The van der Waals surface area contributed by atoms with Gasteiger partial charge in [0, 0.05) is 16.8 Å².